The maximum atomic E-state index is 13.2. The molecule has 1 aromatic carbocycles. The molecule has 134 valence electrons. The zero-order valence-corrected chi connectivity index (χ0v) is 15.9. The molecule has 1 aliphatic rings. The van der Waals surface area contributed by atoms with Crippen molar-refractivity contribution in [2.75, 3.05) is 10.6 Å². The molecule has 0 radical (unpaired) electrons. The normalized spacial score (nSPS) is 15.4. The molecule has 0 bridgehead atoms. The molecule has 9 heteroatoms. The van der Waals surface area contributed by atoms with Crippen molar-refractivity contribution in [1.82, 2.24) is 9.97 Å². The molecule has 0 unspecified atom stereocenters. The molecule has 2 N–H and O–H groups in total. The van der Waals surface area contributed by atoms with Crippen molar-refractivity contribution in [3.8, 4) is 0 Å². The van der Waals surface area contributed by atoms with Gasteiger partial charge in [0.15, 0.2) is 5.69 Å². The monoisotopic (exact) mass is 482 g/mol. The highest BCUT2D eigenvalue weighted by Gasteiger charge is 2.34. The summed E-state index contributed by atoms with van der Waals surface area (Å²) in [6.07, 6.45) is -0.627. The minimum absolute atomic E-state index is 0.0224. The molecule has 1 aromatic heterocycles. The quantitative estimate of drug-likeness (QED) is 0.537. The van der Waals surface area contributed by atoms with Crippen LogP contribution in [0.2, 0.25) is 5.02 Å². The van der Waals surface area contributed by atoms with Gasteiger partial charge in [0.2, 0.25) is 5.95 Å². The highest BCUT2D eigenvalue weighted by atomic mass is 127. The number of hydrogen-bond acceptors (Lipinski definition) is 4. The number of benzene rings is 1. The number of halogens is 5. The first-order valence-electron chi connectivity index (χ1n) is 7.76. The van der Waals surface area contributed by atoms with Crippen LogP contribution >= 0.6 is 34.2 Å². The second kappa shape index (κ2) is 7.53. The Labute approximate surface area is 161 Å². The van der Waals surface area contributed by atoms with E-state index in [1.54, 1.807) is 18.2 Å². The van der Waals surface area contributed by atoms with Crippen molar-refractivity contribution < 1.29 is 13.2 Å². The summed E-state index contributed by atoms with van der Waals surface area (Å²) < 4.78 is 40.4. The van der Waals surface area contributed by atoms with Crippen LogP contribution in [0.5, 0.6) is 0 Å². The first-order chi connectivity index (χ1) is 11.8. The third kappa shape index (κ3) is 4.87. The SMILES string of the molecule is FC(F)(F)c1cc(Nc2ccc(I)cc2Cl)nc(NC2CCCC2)n1. The summed E-state index contributed by atoms with van der Waals surface area (Å²) in [5.41, 5.74) is -0.507. The van der Waals surface area contributed by atoms with E-state index in [-0.39, 0.29) is 17.8 Å². The minimum atomic E-state index is -4.55. The average Bonchev–Trinajstić information content (AvgIpc) is 3.02. The maximum absolute atomic E-state index is 13.2. The van der Waals surface area contributed by atoms with E-state index in [1.807, 2.05) is 0 Å². The van der Waals surface area contributed by atoms with Crippen LogP contribution in [0.25, 0.3) is 0 Å². The molecule has 1 fully saturated rings. The van der Waals surface area contributed by atoms with Crippen molar-refractivity contribution in [2.45, 2.75) is 37.9 Å². The Morgan fingerprint density at radius 2 is 1.84 bits per heavy atom. The van der Waals surface area contributed by atoms with Gasteiger partial charge in [-0.1, -0.05) is 24.4 Å². The lowest BCUT2D eigenvalue weighted by atomic mass is 10.2. The van der Waals surface area contributed by atoms with Gasteiger partial charge in [-0.25, -0.2) is 4.98 Å². The lowest BCUT2D eigenvalue weighted by Gasteiger charge is -2.16. The van der Waals surface area contributed by atoms with E-state index in [2.05, 4.69) is 43.2 Å². The fourth-order valence-electron chi connectivity index (χ4n) is 2.70. The zero-order valence-electron chi connectivity index (χ0n) is 13.0. The van der Waals surface area contributed by atoms with Crippen LogP contribution in [-0.2, 0) is 6.18 Å². The smallest absolute Gasteiger partial charge is 0.351 e. The Morgan fingerprint density at radius 1 is 1.12 bits per heavy atom. The Morgan fingerprint density at radius 3 is 2.48 bits per heavy atom. The zero-order chi connectivity index (χ0) is 18.0. The number of alkyl halides is 3. The Bertz CT molecular complexity index is 764. The van der Waals surface area contributed by atoms with Gasteiger partial charge in [-0.3, -0.25) is 0 Å². The Kier molecular flexibility index (Phi) is 5.57. The summed E-state index contributed by atoms with van der Waals surface area (Å²) in [7, 11) is 0. The average molecular weight is 483 g/mol. The van der Waals surface area contributed by atoms with Crippen molar-refractivity contribution in [3.63, 3.8) is 0 Å². The fourth-order valence-corrected chi connectivity index (χ4v) is 3.61. The van der Waals surface area contributed by atoms with Gasteiger partial charge in [0.25, 0.3) is 0 Å². The largest absolute Gasteiger partial charge is 0.433 e. The lowest BCUT2D eigenvalue weighted by molar-refractivity contribution is -0.141. The third-order valence-electron chi connectivity index (χ3n) is 3.90. The molecule has 0 atom stereocenters. The van der Waals surface area contributed by atoms with Crippen LogP contribution in [0, 0.1) is 3.57 Å². The summed E-state index contributed by atoms with van der Waals surface area (Å²) in [6, 6.07) is 6.21. The number of hydrogen-bond donors (Lipinski definition) is 2. The fraction of sp³-hybridized carbons (Fsp3) is 0.375. The van der Waals surface area contributed by atoms with Crippen LogP contribution < -0.4 is 10.6 Å². The number of nitrogens with one attached hydrogen (secondary N) is 2. The molecule has 0 aliphatic heterocycles. The summed E-state index contributed by atoms with van der Waals surface area (Å²) in [4.78, 5) is 7.80. The first-order valence-corrected chi connectivity index (χ1v) is 9.22. The van der Waals surface area contributed by atoms with E-state index < -0.39 is 11.9 Å². The van der Waals surface area contributed by atoms with Crippen LogP contribution in [0.3, 0.4) is 0 Å². The topological polar surface area (TPSA) is 49.8 Å². The molecular weight excluding hydrogens is 468 g/mol. The molecule has 0 saturated heterocycles. The van der Waals surface area contributed by atoms with Gasteiger partial charge in [-0.2, -0.15) is 18.2 Å². The molecule has 2 aromatic rings. The molecule has 0 spiro atoms. The van der Waals surface area contributed by atoms with E-state index in [4.69, 9.17) is 11.6 Å². The Hall–Kier alpha value is -1.29. The van der Waals surface area contributed by atoms with Gasteiger partial charge in [0, 0.05) is 15.7 Å². The number of aromatic nitrogens is 2. The van der Waals surface area contributed by atoms with Gasteiger partial charge in [0.05, 0.1) is 10.7 Å². The number of rotatable bonds is 4. The second-order valence-electron chi connectivity index (χ2n) is 5.83. The van der Waals surface area contributed by atoms with Crippen molar-refractivity contribution in [3.05, 3.63) is 38.6 Å². The van der Waals surface area contributed by atoms with E-state index in [0.717, 1.165) is 35.3 Å². The van der Waals surface area contributed by atoms with E-state index >= 15 is 0 Å². The van der Waals surface area contributed by atoms with Crippen LogP contribution in [0.1, 0.15) is 31.4 Å². The number of anilines is 3. The van der Waals surface area contributed by atoms with Crippen LogP contribution in [0.15, 0.2) is 24.3 Å². The first kappa shape index (κ1) is 18.5. The van der Waals surface area contributed by atoms with E-state index in [9.17, 15) is 13.2 Å². The molecule has 3 rings (SSSR count). The highest BCUT2D eigenvalue weighted by Crippen LogP contribution is 2.32. The molecule has 1 saturated carbocycles. The number of nitrogens with zero attached hydrogens (tertiary/aromatic N) is 2. The minimum Gasteiger partial charge on any atom is -0.351 e. The maximum Gasteiger partial charge on any atom is 0.433 e. The Balaban J connectivity index is 1.90. The molecular formula is C16H15ClF3IN4. The molecule has 1 heterocycles. The third-order valence-corrected chi connectivity index (χ3v) is 4.88. The van der Waals surface area contributed by atoms with Gasteiger partial charge >= 0.3 is 6.18 Å². The predicted octanol–water partition coefficient (Wildman–Crippen LogP) is 5.85. The van der Waals surface area contributed by atoms with Gasteiger partial charge in [0.1, 0.15) is 5.82 Å². The van der Waals surface area contributed by atoms with E-state index in [0.29, 0.717) is 10.7 Å². The van der Waals surface area contributed by atoms with Crippen LogP contribution in [-0.4, -0.2) is 16.0 Å². The molecule has 4 nitrogen and oxygen atoms in total. The second-order valence-corrected chi connectivity index (χ2v) is 7.49. The molecule has 0 amide bonds. The summed E-state index contributed by atoms with van der Waals surface area (Å²) >= 11 is 8.24. The summed E-state index contributed by atoms with van der Waals surface area (Å²) in [6.45, 7) is 0. The molecule has 1 aliphatic carbocycles. The van der Waals surface area contributed by atoms with Crippen molar-refractivity contribution in [1.29, 1.82) is 0 Å². The van der Waals surface area contributed by atoms with Crippen LogP contribution in [0.4, 0.5) is 30.6 Å². The van der Waals surface area contributed by atoms with Gasteiger partial charge in [-0.05, 0) is 53.6 Å². The highest BCUT2D eigenvalue weighted by molar-refractivity contribution is 14.1. The predicted molar refractivity (Wildman–Crippen MR) is 100 cm³/mol. The van der Waals surface area contributed by atoms with E-state index in [1.165, 1.54) is 0 Å². The van der Waals surface area contributed by atoms with Gasteiger partial charge < -0.3 is 10.6 Å². The van der Waals surface area contributed by atoms with Gasteiger partial charge in [-0.15, -0.1) is 0 Å². The van der Waals surface area contributed by atoms with Crippen molar-refractivity contribution in [2.24, 2.45) is 0 Å². The van der Waals surface area contributed by atoms with Crippen molar-refractivity contribution >= 4 is 51.6 Å². The summed E-state index contributed by atoms with van der Waals surface area (Å²) in [5, 5.41) is 6.26. The summed E-state index contributed by atoms with van der Waals surface area (Å²) in [5.74, 6) is 0.0248. The lowest BCUT2D eigenvalue weighted by Crippen LogP contribution is -2.19. The standard InChI is InChI=1S/C16H15ClF3IN4/c17-11-7-9(21)5-6-12(11)23-14-8-13(16(18,19)20)24-15(25-14)22-10-3-1-2-4-10/h5-8,10H,1-4H2,(H2,22,23,24,25). The molecule has 25 heavy (non-hydrogen) atoms.